The number of hydrogen-bond acceptors (Lipinski definition) is 6. The molecule has 0 fully saturated rings. The second-order valence-corrected chi connectivity index (χ2v) is 7.87. The summed E-state index contributed by atoms with van der Waals surface area (Å²) in [6.07, 6.45) is 4.23. The molecule has 120 valence electrons. The molecule has 0 heterocycles. The van der Waals surface area contributed by atoms with Gasteiger partial charge in [-0.25, -0.2) is 4.18 Å². The molecule has 2 N–H and O–H groups in total. The first-order valence-corrected chi connectivity index (χ1v) is 9.03. The van der Waals surface area contributed by atoms with Gasteiger partial charge in [0.1, 0.15) is 0 Å². The van der Waals surface area contributed by atoms with Gasteiger partial charge in [-0.05, 0) is 25.1 Å². The second-order valence-electron chi connectivity index (χ2n) is 4.78. The summed E-state index contributed by atoms with van der Waals surface area (Å²) in [6, 6.07) is 5.58. The molecule has 2 rings (SSSR count). The number of hydrogen-bond donors (Lipinski definition) is 2. The fourth-order valence-electron chi connectivity index (χ4n) is 1.91. The highest BCUT2D eigenvalue weighted by Gasteiger charge is 2.47. The largest absolute Gasteiger partial charge is 0.360 e. The minimum atomic E-state index is -4.77. The number of rotatable bonds is 4. The van der Waals surface area contributed by atoms with Crippen LogP contribution in [0, 0.1) is 6.92 Å². The molecule has 1 aliphatic carbocycles. The lowest BCUT2D eigenvalue weighted by molar-refractivity contribution is -0.0850. The van der Waals surface area contributed by atoms with Crippen LogP contribution in [0.4, 0.5) is 0 Å². The Hall–Kier alpha value is -1.52. The monoisotopic (exact) mass is 346 g/mol. The molecule has 2 atom stereocenters. The third-order valence-corrected chi connectivity index (χ3v) is 5.49. The zero-order valence-electron chi connectivity index (χ0n) is 11.4. The van der Waals surface area contributed by atoms with Gasteiger partial charge in [-0.1, -0.05) is 35.9 Å². The lowest BCUT2D eigenvalue weighted by Crippen LogP contribution is -2.48. The van der Waals surface area contributed by atoms with Crippen LogP contribution in [-0.2, 0) is 24.4 Å². The van der Waals surface area contributed by atoms with E-state index in [0.29, 0.717) is 0 Å². The molecule has 1 aromatic rings. The molecule has 0 radical (unpaired) electrons. The van der Waals surface area contributed by atoms with Crippen LogP contribution in [0.2, 0.25) is 0 Å². The highest BCUT2D eigenvalue weighted by Crippen LogP contribution is 2.29. The van der Waals surface area contributed by atoms with Crippen molar-refractivity contribution in [3.05, 3.63) is 54.1 Å². The molecular formula is C13H14O7S2. The first kappa shape index (κ1) is 16.8. The van der Waals surface area contributed by atoms with Crippen molar-refractivity contribution in [2.24, 2.45) is 0 Å². The Morgan fingerprint density at radius 2 is 1.68 bits per heavy atom. The summed E-state index contributed by atoms with van der Waals surface area (Å²) in [6.45, 7) is 1.76. The van der Waals surface area contributed by atoms with Gasteiger partial charge in [0.25, 0.3) is 20.2 Å². The van der Waals surface area contributed by atoms with Crippen LogP contribution in [0.25, 0.3) is 0 Å². The van der Waals surface area contributed by atoms with Crippen LogP contribution in [0.5, 0.6) is 0 Å². The van der Waals surface area contributed by atoms with Crippen molar-refractivity contribution >= 4 is 20.2 Å². The maximum absolute atomic E-state index is 12.2. The van der Waals surface area contributed by atoms with E-state index < -0.39 is 31.3 Å². The van der Waals surface area contributed by atoms with Gasteiger partial charge in [-0.2, -0.15) is 16.8 Å². The molecule has 0 bridgehead atoms. The molecule has 2 unspecified atom stereocenters. The van der Waals surface area contributed by atoms with Crippen molar-refractivity contribution < 1.29 is 30.7 Å². The molecule has 22 heavy (non-hydrogen) atoms. The number of benzene rings is 1. The van der Waals surface area contributed by atoms with E-state index >= 15 is 0 Å². The van der Waals surface area contributed by atoms with Gasteiger partial charge >= 0.3 is 0 Å². The predicted molar refractivity (Wildman–Crippen MR) is 78.0 cm³/mol. The van der Waals surface area contributed by atoms with Crippen molar-refractivity contribution in [1.82, 2.24) is 0 Å². The first-order chi connectivity index (χ1) is 10.0. The van der Waals surface area contributed by atoms with Gasteiger partial charge in [0.15, 0.2) is 5.25 Å². The zero-order chi connectivity index (χ0) is 16.6. The van der Waals surface area contributed by atoms with Crippen LogP contribution in [0.15, 0.2) is 53.5 Å². The summed E-state index contributed by atoms with van der Waals surface area (Å²) in [5.74, 6) is -2.73. The summed E-state index contributed by atoms with van der Waals surface area (Å²) in [7, 11) is -9.21. The van der Waals surface area contributed by atoms with E-state index in [0.717, 1.165) is 17.7 Å². The second kappa shape index (κ2) is 5.60. The maximum atomic E-state index is 12.2. The molecule has 1 aromatic carbocycles. The Morgan fingerprint density at radius 1 is 1.09 bits per heavy atom. The molecule has 0 spiro atoms. The Labute approximate surface area is 128 Å². The number of allylic oxidation sites excluding steroid dienone is 2. The van der Waals surface area contributed by atoms with Crippen molar-refractivity contribution in [2.75, 3.05) is 0 Å². The SMILES string of the molecule is Cc1ccc(S(=O)(=O)OC2(O)C=CC=CC2S(=O)(=O)O)cc1. The van der Waals surface area contributed by atoms with Gasteiger partial charge in [-0.3, -0.25) is 4.55 Å². The zero-order valence-corrected chi connectivity index (χ0v) is 13.1. The Kier molecular flexibility index (Phi) is 4.28. The van der Waals surface area contributed by atoms with E-state index in [4.69, 9.17) is 4.55 Å². The quantitative estimate of drug-likeness (QED) is 0.470. The van der Waals surface area contributed by atoms with E-state index in [1.807, 2.05) is 0 Å². The van der Waals surface area contributed by atoms with Gasteiger partial charge in [0.05, 0.1) is 4.90 Å². The smallest absolute Gasteiger partial charge is 0.299 e. The molecule has 0 amide bonds. The predicted octanol–water partition coefficient (Wildman–Crippen LogP) is 0.771. The van der Waals surface area contributed by atoms with Crippen molar-refractivity contribution in [3.63, 3.8) is 0 Å². The van der Waals surface area contributed by atoms with Crippen molar-refractivity contribution in [2.45, 2.75) is 22.9 Å². The van der Waals surface area contributed by atoms with E-state index in [2.05, 4.69) is 4.18 Å². The lowest BCUT2D eigenvalue weighted by atomic mass is 10.1. The fourth-order valence-corrected chi connectivity index (χ4v) is 3.89. The molecule has 0 saturated carbocycles. The summed E-state index contributed by atoms with van der Waals surface area (Å²) in [4.78, 5) is -0.247. The van der Waals surface area contributed by atoms with Crippen LogP contribution < -0.4 is 0 Å². The highest BCUT2D eigenvalue weighted by molar-refractivity contribution is 7.87. The average Bonchev–Trinajstić information content (AvgIpc) is 2.37. The Balaban J connectivity index is 2.40. The third kappa shape index (κ3) is 3.45. The normalized spacial score (nSPS) is 25.3. The summed E-state index contributed by atoms with van der Waals surface area (Å²) in [5.41, 5.74) is 0.814. The molecular weight excluding hydrogens is 332 g/mol. The Bertz CT molecular complexity index is 820. The minimum absolute atomic E-state index is 0.247. The molecule has 0 aliphatic heterocycles. The maximum Gasteiger partial charge on any atom is 0.299 e. The van der Waals surface area contributed by atoms with Gasteiger partial charge < -0.3 is 5.11 Å². The van der Waals surface area contributed by atoms with E-state index in [9.17, 15) is 21.9 Å². The lowest BCUT2D eigenvalue weighted by Gasteiger charge is -2.30. The van der Waals surface area contributed by atoms with Gasteiger partial charge in [0.2, 0.25) is 5.79 Å². The molecule has 1 aliphatic rings. The van der Waals surface area contributed by atoms with Crippen LogP contribution >= 0.6 is 0 Å². The third-order valence-electron chi connectivity index (χ3n) is 3.01. The highest BCUT2D eigenvalue weighted by atomic mass is 32.2. The van der Waals surface area contributed by atoms with Crippen molar-refractivity contribution in [3.8, 4) is 0 Å². The Morgan fingerprint density at radius 3 is 2.23 bits per heavy atom. The fraction of sp³-hybridized carbons (Fsp3) is 0.231. The van der Waals surface area contributed by atoms with Crippen LogP contribution in [0.3, 0.4) is 0 Å². The molecule has 0 aromatic heterocycles. The van der Waals surface area contributed by atoms with E-state index in [1.165, 1.54) is 36.4 Å². The summed E-state index contributed by atoms with van der Waals surface area (Å²) >= 11 is 0. The van der Waals surface area contributed by atoms with Gasteiger partial charge in [-0.15, -0.1) is 0 Å². The van der Waals surface area contributed by atoms with Crippen LogP contribution in [-0.4, -0.2) is 37.5 Å². The molecule has 0 saturated heterocycles. The summed E-state index contributed by atoms with van der Waals surface area (Å²) in [5, 5.41) is 8.29. The number of aliphatic hydroxyl groups is 1. The minimum Gasteiger partial charge on any atom is -0.360 e. The van der Waals surface area contributed by atoms with Crippen LogP contribution in [0.1, 0.15) is 5.56 Å². The van der Waals surface area contributed by atoms with E-state index in [-0.39, 0.29) is 4.90 Å². The van der Waals surface area contributed by atoms with Crippen molar-refractivity contribution in [1.29, 1.82) is 0 Å². The molecule has 9 heteroatoms. The standard InChI is InChI=1S/C13H14O7S2/c1-10-5-7-11(8-6-10)22(18,19)20-13(14)9-3-2-4-12(13)21(15,16)17/h2-9,12,14H,1H3,(H,15,16,17). The number of aryl methyl sites for hydroxylation is 1. The molecule has 7 nitrogen and oxygen atoms in total. The summed E-state index contributed by atoms with van der Waals surface area (Å²) < 4.78 is 60.8. The topological polar surface area (TPSA) is 118 Å². The van der Waals surface area contributed by atoms with E-state index in [1.54, 1.807) is 6.92 Å². The average molecular weight is 346 g/mol. The van der Waals surface area contributed by atoms with Gasteiger partial charge in [0, 0.05) is 0 Å². The first-order valence-electron chi connectivity index (χ1n) is 6.12.